The van der Waals surface area contributed by atoms with E-state index in [2.05, 4.69) is 0 Å². The Morgan fingerprint density at radius 3 is 2.55 bits per heavy atom. The number of thioether (sulfide) groups is 1. The Labute approximate surface area is 133 Å². The van der Waals surface area contributed by atoms with Crippen molar-refractivity contribution in [2.24, 2.45) is 0 Å². The summed E-state index contributed by atoms with van der Waals surface area (Å²) in [5.41, 5.74) is 0.728. The van der Waals surface area contributed by atoms with Crippen LogP contribution in [-0.4, -0.2) is 51.0 Å². The van der Waals surface area contributed by atoms with Crippen LogP contribution in [0.1, 0.15) is 5.56 Å². The van der Waals surface area contributed by atoms with E-state index in [0.717, 1.165) is 22.2 Å². The van der Waals surface area contributed by atoms with Crippen LogP contribution in [0, 0.1) is 0 Å². The highest BCUT2D eigenvalue weighted by Gasteiger charge is 2.36. The van der Waals surface area contributed by atoms with Crippen LogP contribution in [0.4, 0.5) is 4.79 Å². The van der Waals surface area contributed by atoms with Crippen LogP contribution in [0.15, 0.2) is 23.1 Å². The number of amides is 2. The monoisotopic (exact) mass is 323 g/mol. The van der Waals surface area contributed by atoms with E-state index >= 15 is 0 Å². The number of carbonyl (C=O) groups excluding carboxylic acids is 2. The molecular weight excluding hydrogens is 304 g/mol. The third-order valence-electron chi connectivity index (χ3n) is 3.08. The standard InChI is InChI=1S/C15H18N2O4S/c1-16(2)9-17-14(18)13(22-15(17)19)7-10-5-6-11(20-3)8-12(10)21-4/h5-8H,9H2,1-4H3/p+1. The fraction of sp³-hybridized carbons (Fsp3) is 0.333. The van der Waals surface area contributed by atoms with Crippen LogP contribution in [-0.2, 0) is 4.79 Å². The molecular formula is C15H19N2O4S+. The molecule has 0 saturated carbocycles. The molecule has 2 rings (SSSR count). The predicted octanol–water partition coefficient (Wildman–Crippen LogP) is 0.842. The summed E-state index contributed by atoms with van der Waals surface area (Å²) in [6, 6.07) is 5.31. The largest absolute Gasteiger partial charge is 0.497 e. The number of imide groups is 1. The summed E-state index contributed by atoms with van der Waals surface area (Å²) in [6.07, 6.45) is 1.67. The summed E-state index contributed by atoms with van der Waals surface area (Å²) in [5, 5.41) is -0.245. The highest BCUT2D eigenvalue weighted by molar-refractivity contribution is 8.18. The van der Waals surface area contributed by atoms with Crippen molar-refractivity contribution < 1.29 is 24.0 Å². The van der Waals surface area contributed by atoms with Crippen molar-refractivity contribution in [3.05, 3.63) is 28.7 Å². The Morgan fingerprint density at radius 1 is 1.23 bits per heavy atom. The van der Waals surface area contributed by atoms with Gasteiger partial charge in [0.15, 0.2) is 6.67 Å². The van der Waals surface area contributed by atoms with Gasteiger partial charge in [-0.3, -0.25) is 9.59 Å². The quantitative estimate of drug-likeness (QED) is 0.814. The lowest BCUT2D eigenvalue weighted by Crippen LogP contribution is -3.07. The molecule has 0 bridgehead atoms. The number of hydrogen-bond donors (Lipinski definition) is 1. The van der Waals surface area contributed by atoms with Gasteiger partial charge in [-0.2, -0.15) is 0 Å². The molecule has 1 saturated heterocycles. The Hall–Kier alpha value is -1.99. The average Bonchev–Trinajstić information content (AvgIpc) is 2.75. The van der Waals surface area contributed by atoms with E-state index in [4.69, 9.17) is 9.47 Å². The van der Waals surface area contributed by atoms with Crippen LogP contribution in [0.5, 0.6) is 11.5 Å². The molecule has 118 valence electrons. The van der Waals surface area contributed by atoms with Gasteiger partial charge in [0.25, 0.3) is 11.1 Å². The van der Waals surface area contributed by atoms with Gasteiger partial charge in [0.2, 0.25) is 0 Å². The molecule has 0 aromatic heterocycles. The van der Waals surface area contributed by atoms with Crippen molar-refractivity contribution in [1.82, 2.24) is 4.90 Å². The summed E-state index contributed by atoms with van der Waals surface area (Å²) in [5.74, 6) is 0.983. The van der Waals surface area contributed by atoms with Crippen LogP contribution >= 0.6 is 11.8 Å². The van der Waals surface area contributed by atoms with Gasteiger partial charge < -0.3 is 14.4 Å². The molecule has 6 nitrogen and oxygen atoms in total. The third-order valence-corrected chi connectivity index (χ3v) is 3.98. The van der Waals surface area contributed by atoms with Crippen LogP contribution in [0.3, 0.4) is 0 Å². The zero-order valence-electron chi connectivity index (χ0n) is 13.0. The fourth-order valence-electron chi connectivity index (χ4n) is 2.03. The van der Waals surface area contributed by atoms with E-state index in [9.17, 15) is 9.59 Å². The second-order valence-electron chi connectivity index (χ2n) is 5.08. The molecule has 22 heavy (non-hydrogen) atoms. The number of rotatable bonds is 5. The van der Waals surface area contributed by atoms with Gasteiger partial charge in [-0.05, 0) is 30.0 Å². The van der Waals surface area contributed by atoms with Crippen LogP contribution < -0.4 is 14.4 Å². The smallest absolute Gasteiger partial charge is 0.298 e. The van der Waals surface area contributed by atoms with Crippen molar-refractivity contribution in [3.8, 4) is 11.5 Å². The minimum Gasteiger partial charge on any atom is -0.497 e. The number of nitrogens with one attached hydrogen (secondary N) is 1. The molecule has 1 aliphatic heterocycles. The van der Waals surface area contributed by atoms with Gasteiger partial charge in [0.05, 0.1) is 33.2 Å². The summed E-state index contributed by atoms with van der Waals surface area (Å²) < 4.78 is 10.4. The second kappa shape index (κ2) is 6.85. The minimum absolute atomic E-state index is 0.245. The highest BCUT2D eigenvalue weighted by Crippen LogP contribution is 2.34. The van der Waals surface area contributed by atoms with Gasteiger partial charge >= 0.3 is 0 Å². The SMILES string of the molecule is COc1ccc(C=C2SC(=O)N(C[NH+](C)C)C2=O)c(OC)c1. The zero-order chi connectivity index (χ0) is 16.3. The first-order valence-electron chi connectivity index (χ1n) is 6.72. The van der Waals surface area contributed by atoms with E-state index in [-0.39, 0.29) is 11.1 Å². The highest BCUT2D eigenvalue weighted by atomic mass is 32.2. The number of ether oxygens (including phenoxy) is 2. The number of nitrogens with zero attached hydrogens (tertiary/aromatic N) is 1. The average molecular weight is 323 g/mol. The maximum Gasteiger partial charge on any atom is 0.298 e. The first-order chi connectivity index (χ1) is 10.5. The molecule has 1 aromatic rings. The second-order valence-corrected chi connectivity index (χ2v) is 6.08. The van der Waals surface area contributed by atoms with Crippen molar-refractivity contribution >= 4 is 29.0 Å². The molecule has 0 unspecified atom stereocenters. The number of benzene rings is 1. The molecule has 1 aromatic carbocycles. The first-order valence-corrected chi connectivity index (χ1v) is 7.54. The maximum atomic E-state index is 12.3. The first kappa shape index (κ1) is 16.4. The normalized spacial score (nSPS) is 16.8. The number of methoxy groups -OCH3 is 2. The van der Waals surface area contributed by atoms with Crippen LogP contribution in [0.2, 0.25) is 0 Å². The number of quaternary nitrogens is 1. The van der Waals surface area contributed by atoms with Gasteiger partial charge in [-0.25, -0.2) is 4.90 Å². The Morgan fingerprint density at radius 2 is 1.95 bits per heavy atom. The topological polar surface area (TPSA) is 60.3 Å². The molecule has 1 N–H and O–H groups in total. The maximum absolute atomic E-state index is 12.3. The fourth-order valence-corrected chi connectivity index (χ4v) is 2.86. The Bertz CT molecular complexity index is 628. The Balaban J connectivity index is 2.30. The zero-order valence-corrected chi connectivity index (χ0v) is 13.8. The summed E-state index contributed by atoms with van der Waals surface area (Å²) >= 11 is 0.946. The molecule has 1 heterocycles. The molecule has 0 radical (unpaired) electrons. The van der Waals surface area contributed by atoms with E-state index in [1.807, 2.05) is 14.1 Å². The number of hydrogen-bond acceptors (Lipinski definition) is 5. The molecule has 0 atom stereocenters. The summed E-state index contributed by atoms with van der Waals surface area (Å²) in [7, 11) is 6.90. The lowest BCUT2D eigenvalue weighted by atomic mass is 10.1. The number of carbonyl (C=O) groups is 2. The van der Waals surface area contributed by atoms with Gasteiger partial charge in [-0.1, -0.05) is 0 Å². The molecule has 1 aliphatic rings. The molecule has 0 aliphatic carbocycles. The molecule has 2 amide bonds. The van der Waals surface area contributed by atoms with Crippen molar-refractivity contribution in [3.63, 3.8) is 0 Å². The summed E-state index contributed by atoms with van der Waals surface area (Å²) in [4.78, 5) is 26.9. The summed E-state index contributed by atoms with van der Waals surface area (Å²) in [6.45, 7) is 0.349. The van der Waals surface area contributed by atoms with E-state index < -0.39 is 0 Å². The lowest BCUT2D eigenvalue weighted by Gasteiger charge is -2.14. The van der Waals surface area contributed by atoms with E-state index in [1.165, 1.54) is 4.90 Å². The lowest BCUT2D eigenvalue weighted by molar-refractivity contribution is -0.866. The van der Waals surface area contributed by atoms with Crippen molar-refractivity contribution in [1.29, 1.82) is 0 Å². The van der Waals surface area contributed by atoms with Crippen molar-refractivity contribution in [2.45, 2.75) is 0 Å². The predicted molar refractivity (Wildman–Crippen MR) is 85.0 cm³/mol. The van der Waals surface area contributed by atoms with Crippen molar-refractivity contribution in [2.75, 3.05) is 35.0 Å². The van der Waals surface area contributed by atoms with E-state index in [1.54, 1.807) is 38.5 Å². The molecule has 7 heteroatoms. The Kier molecular flexibility index (Phi) is 5.10. The molecule has 1 fully saturated rings. The van der Waals surface area contributed by atoms with Gasteiger partial charge in [-0.15, -0.1) is 0 Å². The minimum atomic E-state index is -0.269. The molecule has 0 spiro atoms. The van der Waals surface area contributed by atoms with Crippen LogP contribution in [0.25, 0.3) is 6.08 Å². The van der Waals surface area contributed by atoms with E-state index in [0.29, 0.717) is 23.1 Å². The van der Waals surface area contributed by atoms with Gasteiger partial charge in [0, 0.05) is 11.6 Å². The third kappa shape index (κ3) is 3.42. The van der Waals surface area contributed by atoms with Gasteiger partial charge in [0.1, 0.15) is 11.5 Å².